The lowest BCUT2D eigenvalue weighted by Crippen LogP contribution is -2.37. The second-order valence-electron chi connectivity index (χ2n) is 6.73. The third-order valence-corrected chi connectivity index (χ3v) is 4.06. The number of hydrogen-bond donors (Lipinski definition) is 2. The first-order valence-electron chi connectivity index (χ1n) is 9.57. The fourth-order valence-corrected chi connectivity index (χ4v) is 2.74. The average molecular weight is 364 g/mol. The van der Waals surface area contributed by atoms with E-state index in [9.17, 15) is 0 Å². The Morgan fingerprint density at radius 1 is 1.27 bits per heavy atom. The lowest BCUT2D eigenvalue weighted by atomic mass is 10.2. The third kappa shape index (κ3) is 8.06. The van der Waals surface area contributed by atoms with Crippen LogP contribution < -0.4 is 15.4 Å². The molecule has 1 unspecified atom stereocenters. The minimum absolute atomic E-state index is 0.191. The van der Waals surface area contributed by atoms with Gasteiger partial charge in [0.1, 0.15) is 5.75 Å². The van der Waals surface area contributed by atoms with Crippen LogP contribution in [0.5, 0.6) is 5.75 Å². The molecule has 0 aliphatic carbocycles. The van der Waals surface area contributed by atoms with Gasteiger partial charge in [0.15, 0.2) is 5.96 Å². The van der Waals surface area contributed by atoms with Crippen molar-refractivity contribution >= 4 is 5.96 Å². The zero-order valence-corrected chi connectivity index (χ0v) is 16.3. The highest BCUT2D eigenvalue weighted by molar-refractivity contribution is 5.79. The highest BCUT2D eigenvalue weighted by Crippen LogP contribution is 2.13. The summed E-state index contributed by atoms with van der Waals surface area (Å²) in [6, 6.07) is 8.13. The van der Waals surface area contributed by atoms with Crippen LogP contribution in [0.3, 0.4) is 0 Å². The Morgan fingerprint density at radius 3 is 2.73 bits per heavy atom. The molecule has 1 aliphatic rings. The smallest absolute Gasteiger partial charge is 0.191 e. The Hall–Kier alpha value is -1.79. The van der Waals surface area contributed by atoms with Gasteiger partial charge in [0.25, 0.3) is 0 Å². The summed E-state index contributed by atoms with van der Waals surface area (Å²) in [5.41, 5.74) is 1.18. The first-order chi connectivity index (χ1) is 12.7. The van der Waals surface area contributed by atoms with E-state index in [0.29, 0.717) is 12.7 Å². The van der Waals surface area contributed by atoms with Crippen LogP contribution in [0, 0.1) is 0 Å². The summed E-state index contributed by atoms with van der Waals surface area (Å²) in [6.07, 6.45) is 3.71. The molecule has 0 amide bonds. The van der Waals surface area contributed by atoms with Crippen LogP contribution in [0.1, 0.15) is 38.7 Å². The van der Waals surface area contributed by atoms with E-state index in [1.165, 1.54) is 5.56 Å². The van der Waals surface area contributed by atoms with Crippen LogP contribution in [-0.2, 0) is 16.0 Å². The molecule has 0 bridgehead atoms. The number of nitrogens with one attached hydrogen (secondary N) is 2. The summed E-state index contributed by atoms with van der Waals surface area (Å²) < 4.78 is 16.9. The first kappa shape index (κ1) is 20.5. The minimum atomic E-state index is 0.191. The van der Waals surface area contributed by atoms with E-state index < -0.39 is 0 Å². The molecule has 1 atom stereocenters. The zero-order chi connectivity index (χ0) is 18.6. The highest BCUT2D eigenvalue weighted by atomic mass is 16.5. The standard InChI is InChI=1S/C20H33N3O3/c1-16(2)26-18-9-7-17(8-10-18)14-23-20(21-3)22-11-5-12-24-15-19-6-4-13-25-19/h7-10,16,19H,4-6,11-15H2,1-3H3,(H2,21,22,23). The van der Waals surface area contributed by atoms with Crippen LogP contribution in [0.25, 0.3) is 0 Å². The van der Waals surface area contributed by atoms with Gasteiger partial charge in [-0.05, 0) is 50.8 Å². The summed E-state index contributed by atoms with van der Waals surface area (Å²) in [7, 11) is 1.78. The average Bonchev–Trinajstić information content (AvgIpc) is 3.14. The predicted molar refractivity (Wildman–Crippen MR) is 105 cm³/mol. The van der Waals surface area contributed by atoms with Crippen LogP contribution in [0.4, 0.5) is 0 Å². The molecule has 1 saturated heterocycles. The van der Waals surface area contributed by atoms with Crippen molar-refractivity contribution in [1.82, 2.24) is 10.6 Å². The van der Waals surface area contributed by atoms with Crippen LogP contribution >= 0.6 is 0 Å². The van der Waals surface area contributed by atoms with Crippen molar-refractivity contribution in [3.63, 3.8) is 0 Å². The third-order valence-electron chi connectivity index (χ3n) is 4.06. The second-order valence-corrected chi connectivity index (χ2v) is 6.73. The lowest BCUT2D eigenvalue weighted by Gasteiger charge is -2.14. The summed E-state index contributed by atoms with van der Waals surface area (Å²) in [5.74, 6) is 1.70. The zero-order valence-electron chi connectivity index (χ0n) is 16.3. The molecular formula is C20H33N3O3. The van der Waals surface area contributed by atoms with Crippen LogP contribution in [0.15, 0.2) is 29.3 Å². The number of rotatable bonds is 10. The monoisotopic (exact) mass is 363 g/mol. The van der Waals surface area contributed by atoms with Crippen molar-refractivity contribution in [2.24, 2.45) is 4.99 Å². The maximum Gasteiger partial charge on any atom is 0.191 e. The van der Waals surface area contributed by atoms with Gasteiger partial charge in [-0.1, -0.05) is 12.1 Å². The fourth-order valence-electron chi connectivity index (χ4n) is 2.74. The van der Waals surface area contributed by atoms with Gasteiger partial charge >= 0.3 is 0 Å². The molecule has 1 aromatic rings. The molecule has 0 saturated carbocycles. The normalized spacial score (nSPS) is 17.5. The predicted octanol–water partition coefficient (Wildman–Crippen LogP) is 2.72. The Morgan fingerprint density at radius 2 is 2.08 bits per heavy atom. The maximum atomic E-state index is 5.66. The van der Waals surface area contributed by atoms with Gasteiger partial charge in [0, 0.05) is 33.4 Å². The molecule has 1 aliphatic heterocycles. The van der Waals surface area contributed by atoms with Crippen molar-refractivity contribution in [2.45, 2.75) is 51.9 Å². The minimum Gasteiger partial charge on any atom is -0.491 e. The summed E-state index contributed by atoms with van der Waals surface area (Å²) in [4.78, 5) is 4.25. The SMILES string of the molecule is CN=C(NCCCOCC1CCCO1)NCc1ccc(OC(C)C)cc1. The molecule has 6 heteroatoms. The highest BCUT2D eigenvalue weighted by Gasteiger charge is 2.14. The maximum absolute atomic E-state index is 5.66. The topological polar surface area (TPSA) is 64.1 Å². The number of benzene rings is 1. The van der Waals surface area contributed by atoms with E-state index in [-0.39, 0.29) is 6.10 Å². The Kier molecular flexibility index (Phi) is 9.28. The van der Waals surface area contributed by atoms with E-state index in [0.717, 1.165) is 57.3 Å². The molecule has 1 aromatic carbocycles. The largest absolute Gasteiger partial charge is 0.491 e. The Labute approximate surface area is 157 Å². The molecule has 26 heavy (non-hydrogen) atoms. The van der Waals surface area contributed by atoms with Gasteiger partial charge < -0.3 is 24.8 Å². The van der Waals surface area contributed by atoms with Crippen LogP contribution in [0.2, 0.25) is 0 Å². The van der Waals surface area contributed by atoms with Crippen LogP contribution in [-0.4, -0.2) is 51.6 Å². The number of guanidine groups is 1. The molecule has 1 heterocycles. The number of ether oxygens (including phenoxy) is 3. The summed E-state index contributed by atoms with van der Waals surface area (Å²) in [6.45, 7) is 7.93. The van der Waals surface area contributed by atoms with Gasteiger partial charge in [-0.2, -0.15) is 0 Å². The van der Waals surface area contributed by atoms with E-state index in [1.807, 2.05) is 26.0 Å². The molecular weight excluding hydrogens is 330 g/mol. The van der Waals surface area contributed by atoms with Gasteiger partial charge in [0.05, 0.1) is 18.8 Å². The van der Waals surface area contributed by atoms with Gasteiger partial charge in [-0.25, -0.2) is 0 Å². The van der Waals surface area contributed by atoms with E-state index >= 15 is 0 Å². The quantitative estimate of drug-likeness (QED) is 0.380. The Bertz CT molecular complexity index is 526. The number of aliphatic imine (C=N–C) groups is 1. The molecule has 0 radical (unpaired) electrons. The van der Waals surface area contributed by atoms with E-state index in [1.54, 1.807) is 7.05 Å². The summed E-state index contributed by atoms with van der Waals surface area (Å²) in [5, 5.41) is 6.63. The Balaban J connectivity index is 1.57. The molecule has 0 aromatic heterocycles. The lowest BCUT2D eigenvalue weighted by molar-refractivity contribution is 0.0168. The molecule has 0 spiro atoms. The van der Waals surface area contributed by atoms with Crippen molar-refractivity contribution < 1.29 is 14.2 Å². The van der Waals surface area contributed by atoms with Gasteiger partial charge in [-0.3, -0.25) is 4.99 Å². The number of nitrogens with zero attached hydrogens (tertiary/aromatic N) is 1. The summed E-state index contributed by atoms with van der Waals surface area (Å²) >= 11 is 0. The second kappa shape index (κ2) is 11.8. The first-order valence-corrected chi connectivity index (χ1v) is 9.57. The number of hydrogen-bond acceptors (Lipinski definition) is 4. The van der Waals surface area contributed by atoms with E-state index in [4.69, 9.17) is 14.2 Å². The van der Waals surface area contributed by atoms with Crippen molar-refractivity contribution in [3.8, 4) is 5.75 Å². The van der Waals surface area contributed by atoms with Gasteiger partial charge in [-0.15, -0.1) is 0 Å². The van der Waals surface area contributed by atoms with Gasteiger partial charge in [0.2, 0.25) is 0 Å². The van der Waals surface area contributed by atoms with Crippen molar-refractivity contribution in [1.29, 1.82) is 0 Å². The van der Waals surface area contributed by atoms with Crippen molar-refractivity contribution in [3.05, 3.63) is 29.8 Å². The molecule has 6 nitrogen and oxygen atoms in total. The van der Waals surface area contributed by atoms with E-state index in [2.05, 4.69) is 27.8 Å². The molecule has 2 N–H and O–H groups in total. The molecule has 2 rings (SSSR count). The van der Waals surface area contributed by atoms with Crippen molar-refractivity contribution in [2.75, 3.05) is 33.4 Å². The molecule has 1 fully saturated rings. The molecule has 146 valence electrons. The fraction of sp³-hybridized carbons (Fsp3) is 0.650.